The quantitative estimate of drug-likeness (QED) is 0.409. The summed E-state index contributed by atoms with van der Waals surface area (Å²) < 4.78 is 1.94. The highest BCUT2D eigenvalue weighted by molar-refractivity contribution is 6.08. The predicted octanol–water partition coefficient (Wildman–Crippen LogP) is 5.05. The number of amides is 2. The Labute approximate surface area is 231 Å². The zero-order valence-corrected chi connectivity index (χ0v) is 24.0. The van der Waals surface area contributed by atoms with Crippen LogP contribution in [-0.4, -0.2) is 63.4 Å². The third-order valence-corrected chi connectivity index (χ3v) is 9.09. The van der Waals surface area contributed by atoms with Crippen molar-refractivity contribution < 1.29 is 19.2 Å². The lowest BCUT2D eigenvalue weighted by molar-refractivity contribution is -0.139. The minimum absolute atomic E-state index is 0.0233. The van der Waals surface area contributed by atoms with E-state index in [4.69, 9.17) is 0 Å². The molecule has 3 atom stereocenters. The van der Waals surface area contributed by atoms with E-state index in [2.05, 4.69) is 38.1 Å². The number of aromatic nitrogens is 1. The lowest BCUT2D eigenvalue weighted by Crippen LogP contribution is -2.44. The number of allylic oxidation sites excluding steroid dienone is 2. The summed E-state index contributed by atoms with van der Waals surface area (Å²) in [6.45, 7) is 8.37. The van der Waals surface area contributed by atoms with Gasteiger partial charge in [-0.15, -0.1) is 0 Å². The van der Waals surface area contributed by atoms with Crippen molar-refractivity contribution in [3.8, 4) is 0 Å². The molecule has 7 nitrogen and oxygen atoms in total. The minimum Gasteiger partial charge on any atom is -0.345 e. The molecule has 2 fully saturated rings. The maximum absolute atomic E-state index is 14.0. The summed E-state index contributed by atoms with van der Waals surface area (Å²) in [4.78, 5) is 56.3. The Balaban J connectivity index is 1.61. The highest BCUT2D eigenvalue weighted by Crippen LogP contribution is 2.60. The van der Waals surface area contributed by atoms with Crippen LogP contribution >= 0.6 is 0 Å². The van der Waals surface area contributed by atoms with Gasteiger partial charge in [-0.05, 0) is 62.1 Å². The Morgan fingerprint density at radius 1 is 1.10 bits per heavy atom. The van der Waals surface area contributed by atoms with Crippen LogP contribution in [0.25, 0.3) is 10.9 Å². The third-order valence-electron chi connectivity index (χ3n) is 9.09. The molecule has 1 aromatic carbocycles. The zero-order chi connectivity index (χ0) is 28.1. The topological polar surface area (TPSA) is 79.7 Å². The van der Waals surface area contributed by atoms with Gasteiger partial charge in [0.05, 0.1) is 11.6 Å². The van der Waals surface area contributed by atoms with E-state index in [9.17, 15) is 19.2 Å². The summed E-state index contributed by atoms with van der Waals surface area (Å²) in [5, 5.41) is 0.887. The van der Waals surface area contributed by atoms with E-state index >= 15 is 0 Å². The van der Waals surface area contributed by atoms with Crippen molar-refractivity contribution >= 4 is 34.3 Å². The zero-order valence-electron chi connectivity index (χ0n) is 24.0. The first kappa shape index (κ1) is 27.4. The van der Waals surface area contributed by atoms with Crippen molar-refractivity contribution in [2.24, 2.45) is 5.41 Å². The number of rotatable bonds is 4. The normalized spacial score (nSPS) is 26.6. The number of Topliss-reactive ketones (excluding diaryl/α,β-unsaturated/α-hetero) is 2. The van der Waals surface area contributed by atoms with E-state index < -0.39 is 6.04 Å². The molecular formula is C32H41N3O4. The summed E-state index contributed by atoms with van der Waals surface area (Å²) in [7, 11) is 1.85. The number of piperidine rings is 1. The fraction of sp³-hybridized carbons (Fsp3) is 0.562. The van der Waals surface area contributed by atoms with Crippen LogP contribution in [0.5, 0.6) is 0 Å². The van der Waals surface area contributed by atoms with E-state index in [1.807, 2.05) is 29.6 Å². The van der Waals surface area contributed by atoms with Crippen LogP contribution < -0.4 is 0 Å². The molecule has 39 heavy (non-hydrogen) atoms. The number of hydrogen-bond acceptors (Lipinski definition) is 4. The average molecular weight is 532 g/mol. The highest BCUT2D eigenvalue weighted by Gasteiger charge is 2.67. The second kappa shape index (κ2) is 10.4. The van der Waals surface area contributed by atoms with Gasteiger partial charge in [0.2, 0.25) is 11.8 Å². The second-order valence-electron chi connectivity index (χ2n) is 12.2. The monoisotopic (exact) mass is 531 g/mol. The summed E-state index contributed by atoms with van der Waals surface area (Å²) in [6, 6.07) is 3.81. The van der Waals surface area contributed by atoms with Crippen LogP contribution in [0.1, 0.15) is 93.6 Å². The molecule has 3 heterocycles. The molecule has 5 rings (SSSR count). The number of nitrogens with zero attached hydrogens (tertiary/aromatic N) is 3. The van der Waals surface area contributed by atoms with Crippen LogP contribution in [0.3, 0.4) is 0 Å². The molecule has 0 unspecified atom stereocenters. The molecule has 2 amide bonds. The maximum Gasteiger partial charge on any atom is 0.243 e. The van der Waals surface area contributed by atoms with Gasteiger partial charge in [-0.3, -0.25) is 19.2 Å². The summed E-state index contributed by atoms with van der Waals surface area (Å²) in [5.41, 5.74) is 3.58. The van der Waals surface area contributed by atoms with Crippen LogP contribution in [0.4, 0.5) is 0 Å². The summed E-state index contributed by atoms with van der Waals surface area (Å²) in [5.74, 6) is 0.373. The first-order chi connectivity index (χ1) is 18.6. The Hall–Kier alpha value is -3.22. The molecule has 7 heteroatoms. The van der Waals surface area contributed by atoms with Gasteiger partial charge >= 0.3 is 0 Å². The van der Waals surface area contributed by atoms with E-state index in [0.717, 1.165) is 41.3 Å². The van der Waals surface area contributed by atoms with Gasteiger partial charge in [0, 0.05) is 55.0 Å². The van der Waals surface area contributed by atoms with E-state index in [1.165, 1.54) is 0 Å². The Kier molecular flexibility index (Phi) is 7.29. The van der Waals surface area contributed by atoms with Crippen LogP contribution in [0, 0.1) is 5.41 Å². The molecule has 2 bridgehead atoms. The molecule has 1 aliphatic carbocycles. The van der Waals surface area contributed by atoms with Gasteiger partial charge < -0.3 is 14.4 Å². The first-order valence-electron chi connectivity index (χ1n) is 14.5. The third kappa shape index (κ3) is 4.96. The van der Waals surface area contributed by atoms with Crippen molar-refractivity contribution in [2.75, 3.05) is 13.6 Å². The molecule has 3 aliphatic rings. The van der Waals surface area contributed by atoms with Crippen molar-refractivity contribution in [3.05, 3.63) is 47.2 Å². The number of carbonyl (C=O) groups is 4. The summed E-state index contributed by atoms with van der Waals surface area (Å²) >= 11 is 0. The molecule has 208 valence electrons. The van der Waals surface area contributed by atoms with Crippen LogP contribution in [0.15, 0.2) is 30.5 Å². The number of benzene rings is 1. The first-order valence-corrected chi connectivity index (χ1v) is 14.5. The predicted molar refractivity (Wildman–Crippen MR) is 152 cm³/mol. The van der Waals surface area contributed by atoms with E-state index in [0.29, 0.717) is 43.7 Å². The number of carbonyl (C=O) groups excluding carboxylic acids is 4. The maximum atomic E-state index is 14.0. The van der Waals surface area contributed by atoms with Gasteiger partial charge in [0.25, 0.3) is 0 Å². The smallest absolute Gasteiger partial charge is 0.243 e. The molecule has 1 aromatic heterocycles. The van der Waals surface area contributed by atoms with Gasteiger partial charge in [-0.1, -0.05) is 39.0 Å². The number of hydrogen-bond donors (Lipinski definition) is 0. The molecular weight excluding hydrogens is 490 g/mol. The van der Waals surface area contributed by atoms with Crippen LogP contribution in [-0.2, 0) is 27.3 Å². The Morgan fingerprint density at radius 3 is 2.56 bits per heavy atom. The van der Waals surface area contributed by atoms with Crippen molar-refractivity contribution in [2.45, 2.75) is 97.2 Å². The molecule has 2 aliphatic heterocycles. The lowest BCUT2D eigenvalue weighted by atomic mass is 9.95. The summed E-state index contributed by atoms with van der Waals surface area (Å²) in [6.07, 6.45) is 10.7. The number of ketones is 2. The van der Waals surface area contributed by atoms with Crippen molar-refractivity contribution in [1.82, 2.24) is 14.4 Å². The SMILES string of the molecule is CCC(=O)[C@@H]1C[C@@]23C[C@H]2N1C(=O)Cn1cc(C(C)=O)c2cc(C(C)C)cc(c21)C/C=C/CCCC(=O)N(C)C3. The Bertz CT molecular complexity index is 1370. The van der Waals surface area contributed by atoms with Crippen LogP contribution in [0.2, 0.25) is 0 Å². The standard InChI is InChI=1S/C32H41N3O4/c1-6-27(37)26-15-32-16-28(32)35(26)30(39)18-34-17-25(21(4)36)24-14-23(20(2)3)13-22(31(24)34)11-9-7-8-10-12-29(38)33(5)19-32/h7,9,13-14,17,20,26,28H,6,8,10-12,15-16,18-19H2,1-5H3/b9-7+/t26-,28+,32-/m0/s1. The van der Waals surface area contributed by atoms with Crippen molar-refractivity contribution in [3.63, 3.8) is 0 Å². The second-order valence-corrected chi connectivity index (χ2v) is 12.2. The van der Waals surface area contributed by atoms with Gasteiger partial charge in [-0.25, -0.2) is 0 Å². The minimum atomic E-state index is -0.451. The van der Waals surface area contributed by atoms with Gasteiger partial charge in [-0.2, -0.15) is 0 Å². The molecule has 1 saturated carbocycles. The fourth-order valence-electron chi connectivity index (χ4n) is 6.85. The average Bonchev–Trinajstić information content (AvgIpc) is 3.29. The molecule has 0 spiro atoms. The van der Waals surface area contributed by atoms with Gasteiger partial charge in [0.15, 0.2) is 11.6 Å². The van der Waals surface area contributed by atoms with E-state index in [-0.39, 0.29) is 41.4 Å². The van der Waals surface area contributed by atoms with E-state index in [1.54, 1.807) is 11.8 Å². The fourth-order valence-corrected chi connectivity index (χ4v) is 6.85. The molecule has 0 radical (unpaired) electrons. The van der Waals surface area contributed by atoms with Crippen molar-refractivity contribution in [1.29, 1.82) is 0 Å². The molecule has 1 saturated heterocycles. The molecule has 2 aromatic rings. The lowest BCUT2D eigenvalue weighted by Gasteiger charge is -2.27. The van der Waals surface area contributed by atoms with Gasteiger partial charge in [0.1, 0.15) is 6.54 Å². The highest BCUT2D eigenvalue weighted by atomic mass is 16.2. The molecule has 0 N–H and O–H groups in total. The largest absolute Gasteiger partial charge is 0.345 e. The Morgan fingerprint density at radius 2 is 1.87 bits per heavy atom.